The van der Waals surface area contributed by atoms with Gasteiger partial charge in [-0.05, 0) is 6.07 Å². The van der Waals surface area contributed by atoms with Crippen molar-refractivity contribution in [3.8, 4) is 0 Å². The fourth-order valence-electron chi connectivity index (χ4n) is 2.62. The Balaban J connectivity index is 2.00. The maximum absolute atomic E-state index is 12.8. The standard InChI is InChI=1S/C11H15ClN4O3S/c12-7-3-10(11(13)15-4-7)20(17,18)16-1-2-19-9-6-14-5-8(9)16/h3-4,8-9,14H,1-2,5-6H2,(H2,13,15)/t8-,9+/m1/s1. The van der Waals surface area contributed by atoms with Gasteiger partial charge in [-0.1, -0.05) is 11.6 Å². The normalized spacial score (nSPS) is 27.4. The average Bonchev–Trinajstić information content (AvgIpc) is 2.89. The molecule has 2 atom stereocenters. The van der Waals surface area contributed by atoms with Gasteiger partial charge in [-0.3, -0.25) is 0 Å². The van der Waals surface area contributed by atoms with Crippen LogP contribution in [0.2, 0.25) is 5.02 Å². The number of pyridine rings is 1. The van der Waals surface area contributed by atoms with E-state index in [4.69, 9.17) is 22.1 Å². The third kappa shape index (κ3) is 2.27. The molecule has 0 saturated carbocycles. The number of nitrogen functional groups attached to an aromatic ring is 1. The van der Waals surface area contributed by atoms with Crippen LogP contribution in [0.1, 0.15) is 0 Å². The van der Waals surface area contributed by atoms with Gasteiger partial charge in [0.2, 0.25) is 10.0 Å². The van der Waals surface area contributed by atoms with Crippen molar-refractivity contribution in [3.05, 3.63) is 17.3 Å². The Hall–Kier alpha value is -0.930. The summed E-state index contributed by atoms with van der Waals surface area (Å²) in [6.07, 6.45) is 1.21. The van der Waals surface area contributed by atoms with Crippen LogP contribution in [-0.2, 0) is 14.8 Å². The molecule has 1 aromatic heterocycles. The Morgan fingerprint density at radius 1 is 1.50 bits per heavy atom. The molecule has 0 spiro atoms. The lowest BCUT2D eigenvalue weighted by molar-refractivity contribution is -0.0149. The monoisotopic (exact) mass is 318 g/mol. The summed E-state index contributed by atoms with van der Waals surface area (Å²) in [4.78, 5) is 3.77. The van der Waals surface area contributed by atoms with Gasteiger partial charge >= 0.3 is 0 Å². The minimum Gasteiger partial charge on any atom is -0.383 e. The van der Waals surface area contributed by atoms with Crippen molar-refractivity contribution >= 4 is 27.4 Å². The van der Waals surface area contributed by atoms with E-state index in [1.807, 2.05) is 0 Å². The Morgan fingerprint density at radius 2 is 2.30 bits per heavy atom. The summed E-state index contributed by atoms with van der Waals surface area (Å²) in [5.74, 6) is -0.0385. The fourth-order valence-corrected chi connectivity index (χ4v) is 4.57. The molecule has 3 rings (SSSR count). The number of nitrogens with one attached hydrogen (secondary N) is 1. The first kappa shape index (κ1) is 14.0. The molecule has 2 fully saturated rings. The number of hydrogen-bond donors (Lipinski definition) is 2. The maximum atomic E-state index is 12.8. The van der Waals surface area contributed by atoms with E-state index in [9.17, 15) is 8.42 Å². The lowest BCUT2D eigenvalue weighted by atomic mass is 10.2. The lowest BCUT2D eigenvalue weighted by Gasteiger charge is -2.35. The predicted molar refractivity (Wildman–Crippen MR) is 73.9 cm³/mol. The van der Waals surface area contributed by atoms with E-state index < -0.39 is 10.0 Å². The number of hydrogen-bond acceptors (Lipinski definition) is 6. The number of fused-ring (bicyclic) bond motifs is 1. The highest BCUT2D eigenvalue weighted by molar-refractivity contribution is 7.89. The summed E-state index contributed by atoms with van der Waals surface area (Å²) in [5, 5.41) is 3.38. The van der Waals surface area contributed by atoms with Crippen LogP contribution in [0, 0.1) is 0 Å². The number of nitrogens with two attached hydrogens (primary N) is 1. The number of aromatic nitrogens is 1. The summed E-state index contributed by atoms with van der Waals surface area (Å²) in [5.41, 5.74) is 5.70. The molecule has 0 aliphatic carbocycles. The van der Waals surface area contributed by atoms with Gasteiger partial charge in [0.1, 0.15) is 10.7 Å². The van der Waals surface area contributed by atoms with Crippen LogP contribution in [0.15, 0.2) is 17.2 Å². The van der Waals surface area contributed by atoms with E-state index in [1.54, 1.807) is 0 Å². The summed E-state index contributed by atoms with van der Waals surface area (Å²) >= 11 is 5.84. The van der Waals surface area contributed by atoms with Gasteiger partial charge in [0.05, 0.1) is 23.8 Å². The summed E-state index contributed by atoms with van der Waals surface area (Å²) < 4.78 is 32.5. The Labute approximate surface area is 122 Å². The van der Waals surface area contributed by atoms with Crippen LogP contribution < -0.4 is 11.1 Å². The molecule has 0 aromatic carbocycles. The van der Waals surface area contributed by atoms with Crippen LogP contribution in [0.4, 0.5) is 5.82 Å². The van der Waals surface area contributed by atoms with E-state index in [0.29, 0.717) is 26.2 Å². The van der Waals surface area contributed by atoms with E-state index in [2.05, 4.69) is 10.3 Å². The van der Waals surface area contributed by atoms with Crippen molar-refractivity contribution < 1.29 is 13.2 Å². The highest BCUT2D eigenvalue weighted by Gasteiger charge is 2.43. The van der Waals surface area contributed by atoms with Gasteiger partial charge in [-0.2, -0.15) is 4.31 Å². The molecule has 2 aliphatic rings. The zero-order valence-electron chi connectivity index (χ0n) is 10.6. The van der Waals surface area contributed by atoms with Crippen LogP contribution in [-0.4, -0.2) is 56.1 Å². The molecule has 110 valence electrons. The van der Waals surface area contributed by atoms with Crippen molar-refractivity contribution in [1.29, 1.82) is 0 Å². The lowest BCUT2D eigenvalue weighted by Crippen LogP contribution is -2.53. The largest absolute Gasteiger partial charge is 0.383 e. The van der Waals surface area contributed by atoms with Crippen molar-refractivity contribution in [1.82, 2.24) is 14.6 Å². The number of sulfonamides is 1. The second-order valence-electron chi connectivity index (χ2n) is 4.79. The van der Waals surface area contributed by atoms with Gasteiger partial charge in [0, 0.05) is 25.8 Å². The molecule has 2 saturated heterocycles. The number of anilines is 1. The topological polar surface area (TPSA) is 97.5 Å². The van der Waals surface area contributed by atoms with Gasteiger partial charge < -0.3 is 15.8 Å². The molecule has 20 heavy (non-hydrogen) atoms. The van der Waals surface area contributed by atoms with Gasteiger partial charge in [0.15, 0.2) is 0 Å². The molecule has 0 unspecified atom stereocenters. The summed E-state index contributed by atoms with van der Waals surface area (Å²) in [6, 6.07) is 1.12. The minimum absolute atomic E-state index is 0.0385. The third-order valence-corrected chi connectivity index (χ3v) is 5.74. The molecular formula is C11H15ClN4O3S. The van der Waals surface area contributed by atoms with E-state index >= 15 is 0 Å². The first-order chi connectivity index (χ1) is 9.50. The molecule has 3 N–H and O–H groups in total. The molecule has 0 amide bonds. The highest BCUT2D eigenvalue weighted by Crippen LogP contribution is 2.29. The Morgan fingerprint density at radius 3 is 3.10 bits per heavy atom. The van der Waals surface area contributed by atoms with Crippen molar-refractivity contribution in [2.75, 3.05) is 32.0 Å². The van der Waals surface area contributed by atoms with Crippen molar-refractivity contribution in [3.63, 3.8) is 0 Å². The summed E-state index contributed by atoms with van der Waals surface area (Å²) in [7, 11) is -3.73. The molecule has 0 radical (unpaired) electrons. The third-order valence-electron chi connectivity index (χ3n) is 3.58. The van der Waals surface area contributed by atoms with Gasteiger partial charge in [-0.15, -0.1) is 0 Å². The fraction of sp³-hybridized carbons (Fsp3) is 0.545. The molecular weight excluding hydrogens is 304 g/mol. The number of rotatable bonds is 2. The molecule has 7 nitrogen and oxygen atoms in total. The smallest absolute Gasteiger partial charge is 0.247 e. The van der Waals surface area contributed by atoms with Gasteiger partial charge in [-0.25, -0.2) is 13.4 Å². The SMILES string of the molecule is Nc1ncc(Cl)cc1S(=O)(=O)N1CCO[C@H]2CNC[C@H]21. The summed E-state index contributed by atoms with van der Waals surface area (Å²) in [6.45, 7) is 1.89. The van der Waals surface area contributed by atoms with Crippen molar-refractivity contribution in [2.45, 2.75) is 17.0 Å². The minimum atomic E-state index is -3.73. The maximum Gasteiger partial charge on any atom is 0.247 e. The molecule has 1 aromatic rings. The van der Waals surface area contributed by atoms with Crippen LogP contribution >= 0.6 is 11.6 Å². The molecule has 9 heteroatoms. The quantitative estimate of drug-likeness (QED) is 0.775. The van der Waals surface area contributed by atoms with E-state index in [1.165, 1.54) is 16.6 Å². The zero-order chi connectivity index (χ0) is 14.3. The zero-order valence-corrected chi connectivity index (χ0v) is 12.2. The van der Waals surface area contributed by atoms with Crippen LogP contribution in [0.25, 0.3) is 0 Å². The predicted octanol–water partition coefficient (Wildman–Crippen LogP) is -0.321. The number of halogens is 1. The number of ether oxygens (including phenoxy) is 1. The number of morpholine rings is 1. The number of nitrogens with zero attached hydrogens (tertiary/aromatic N) is 2. The highest BCUT2D eigenvalue weighted by atomic mass is 35.5. The first-order valence-corrected chi connectivity index (χ1v) is 8.07. The Kier molecular flexibility index (Phi) is 3.59. The molecule has 0 bridgehead atoms. The average molecular weight is 319 g/mol. The van der Waals surface area contributed by atoms with Crippen LogP contribution in [0.5, 0.6) is 0 Å². The van der Waals surface area contributed by atoms with Gasteiger partial charge in [0.25, 0.3) is 0 Å². The molecule has 3 heterocycles. The second-order valence-corrected chi connectivity index (χ2v) is 7.08. The molecule has 2 aliphatic heterocycles. The second kappa shape index (κ2) is 5.12. The van der Waals surface area contributed by atoms with Crippen LogP contribution in [0.3, 0.4) is 0 Å². The van der Waals surface area contributed by atoms with E-state index in [0.717, 1.165) is 0 Å². The first-order valence-electron chi connectivity index (χ1n) is 6.25. The van der Waals surface area contributed by atoms with E-state index in [-0.39, 0.29) is 27.9 Å². The Bertz CT molecular complexity index is 624. The van der Waals surface area contributed by atoms with Crippen molar-refractivity contribution in [2.24, 2.45) is 0 Å².